The molecule has 7 nitrogen and oxygen atoms in total. The summed E-state index contributed by atoms with van der Waals surface area (Å²) in [6.45, 7) is 1.68. The number of rotatable bonds is 6. The van der Waals surface area contributed by atoms with E-state index in [0.717, 1.165) is 18.5 Å². The highest BCUT2D eigenvalue weighted by molar-refractivity contribution is 8.93. The lowest BCUT2D eigenvalue weighted by atomic mass is 9.98. The van der Waals surface area contributed by atoms with Gasteiger partial charge in [0.15, 0.2) is 17.3 Å². The van der Waals surface area contributed by atoms with Crippen LogP contribution in [0.2, 0.25) is 0 Å². The standard InChI is InChI=1S/C19H20N2O5.BrH/c1-25-18-9-14-7-8-20(11-15(14)10-19(18)26-2)12-17(22)13-3-5-16(6-4-13)21(23)24;/h3-6,9-10H,7-8,11-12H2,1-2H3;1H. The number of nitro groups is 1. The van der Waals surface area contributed by atoms with Gasteiger partial charge in [-0.05, 0) is 41.8 Å². The molecule has 0 saturated carbocycles. The number of hydrogen-bond acceptors (Lipinski definition) is 6. The fourth-order valence-corrected chi connectivity index (χ4v) is 3.14. The lowest BCUT2D eigenvalue weighted by molar-refractivity contribution is -0.384. The van der Waals surface area contributed by atoms with Crippen molar-refractivity contribution in [3.8, 4) is 11.5 Å². The van der Waals surface area contributed by atoms with Crippen LogP contribution in [0, 0.1) is 10.1 Å². The van der Waals surface area contributed by atoms with Crippen molar-refractivity contribution in [2.45, 2.75) is 13.0 Å². The number of nitro benzene ring substituents is 1. The minimum Gasteiger partial charge on any atom is -0.493 e. The maximum atomic E-state index is 12.5. The number of carbonyl (C=O) groups is 1. The Bertz CT molecular complexity index is 839. The van der Waals surface area contributed by atoms with Crippen molar-refractivity contribution < 1.29 is 19.2 Å². The van der Waals surface area contributed by atoms with Gasteiger partial charge in [-0.2, -0.15) is 0 Å². The van der Waals surface area contributed by atoms with E-state index in [-0.39, 0.29) is 35.0 Å². The third-order valence-electron chi connectivity index (χ3n) is 4.56. The number of halogens is 1. The molecule has 0 amide bonds. The zero-order valence-corrected chi connectivity index (χ0v) is 16.8. The molecule has 0 bridgehead atoms. The summed E-state index contributed by atoms with van der Waals surface area (Å²) >= 11 is 0. The first-order valence-electron chi connectivity index (χ1n) is 8.25. The molecule has 0 N–H and O–H groups in total. The monoisotopic (exact) mass is 436 g/mol. The Hall–Kier alpha value is -2.45. The van der Waals surface area contributed by atoms with Crippen LogP contribution in [0.5, 0.6) is 11.5 Å². The van der Waals surface area contributed by atoms with Gasteiger partial charge in [-0.1, -0.05) is 0 Å². The minimum atomic E-state index is -0.475. The summed E-state index contributed by atoms with van der Waals surface area (Å²) in [7, 11) is 3.21. The Morgan fingerprint density at radius 3 is 2.26 bits per heavy atom. The van der Waals surface area contributed by atoms with Crippen molar-refractivity contribution in [2.75, 3.05) is 27.3 Å². The van der Waals surface area contributed by atoms with E-state index in [1.807, 2.05) is 12.1 Å². The molecule has 3 rings (SSSR count). The van der Waals surface area contributed by atoms with Crippen LogP contribution in [0.3, 0.4) is 0 Å². The molecule has 2 aromatic carbocycles. The molecule has 0 aromatic heterocycles. The van der Waals surface area contributed by atoms with Gasteiger partial charge in [-0.25, -0.2) is 0 Å². The normalized spacial score (nSPS) is 13.3. The zero-order valence-electron chi connectivity index (χ0n) is 15.1. The summed E-state index contributed by atoms with van der Waals surface area (Å²) in [6.07, 6.45) is 0.823. The van der Waals surface area contributed by atoms with Crippen molar-refractivity contribution in [1.29, 1.82) is 0 Å². The van der Waals surface area contributed by atoms with Gasteiger partial charge >= 0.3 is 0 Å². The number of methoxy groups -OCH3 is 2. The van der Waals surface area contributed by atoms with Crippen LogP contribution in [0.4, 0.5) is 5.69 Å². The van der Waals surface area contributed by atoms with Crippen LogP contribution < -0.4 is 9.47 Å². The Balaban J connectivity index is 0.00000261. The van der Waals surface area contributed by atoms with Gasteiger partial charge in [-0.15, -0.1) is 17.0 Å². The lowest BCUT2D eigenvalue weighted by Crippen LogP contribution is -2.35. The molecule has 0 atom stereocenters. The van der Waals surface area contributed by atoms with E-state index in [1.54, 1.807) is 14.2 Å². The number of fused-ring (bicyclic) bond motifs is 1. The van der Waals surface area contributed by atoms with E-state index in [9.17, 15) is 14.9 Å². The quantitative estimate of drug-likeness (QED) is 0.391. The van der Waals surface area contributed by atoms with Crippen LogP contribution >= 0.6 is 17.0 Å². The number of hydrogen-bond donors (Lipinski definition) is 0. The number of carbonyl (C=O) groups excluding carboxylic acids is 1. The van der Waals surface area contributed by atoms with Gasteiger partial charge in [0, 0.05) is 30.8 Å². The highest BCUT2D eigenvalue weighted by atomic mass is 79.9. The summed E-state index contributed by atoms with van der Waals surface area (Å²) in [5.41, 5.74) is 2.77. The fraction of sp³-hybridized carbons (Fsp3) is 0.316. The summed E-state index contributed by atoms with van der Waals surface area (Å²) in [6, 6.07) is 9.67. The Morgan fingerprint density at radius 1 is 1.11 bits per heavy atom. The van der Waals surface area contributed by atoms with Crippen molar-refractivity contribution in [1.82, 2.24) is 4.90 Å². The molecule has 27 heavy (non-hydrogen) atoms. The second-order valence-electron chi connectivity index (χ2n) is 6.16. The topological polar surface area (TPSA) is 81.9 Å². The molecule has 2 aromatic rings. The SMILES string of the molecule is Br.COc1cc2c(cc1OC)CN(CC(=O)c1ccc([N+](=O)[O-])cc1)CC2. The van der Waals surface area contributed by atoms with E-state index in [0.29, 0.717) is 23.6 Å². The van der Waals surface area contributed by atoms with Crippen molar-refractivity contribution in [2.24, 2.45) is 0 Å². The maximum absolute atomic E-state index is 12.5. The maximum Gasteiger partial charge on any atom is 0.269 e. The van der Waals surface area contributed by atoms with E-state index >= 15 is 0 Å². The number of ether oxygens (including phenoxy) is 2. The highest BCUT2D eigenvalue weighted by Gasteiger charge is 2.21. The molecular formula is C19H21BrN2O5. The number of nitrogens with zero attached hydrogens (tertiary/aromatic N) is 2. The predicted molar refractivity (Wildman–Crippen MR) is 106 cm³/mol. The third-order valence-corrected chi connectivity index (χ3v) is 4.56. The average molecular weight is 437 g/mol. The van der Waals surface area contributed by atoms with Crippen molar-refractivity contribution in [3.05, 3.63) is 63.2 Å². The second kappa shape index (κ2) is 8.96. The first kappa shape index (κ1) is 20.9. The molecule has 1 aliphatic heterocycles. The van der Waals surface area contributed by atoms with E-state index in [2.05, 4.69) is 4.90 Å². The van der Waals surface area contributed by atoms with E-state index < -0.39 is 4.92 Å². The Morgan fingerprint density at radius 2 is 1.70 bits per heavy atom. The minimum absolute atomic E-state index is 0. The summed E-state index contributed by atoms with van der Waals surface area (Å²) in [5.74, 6) is 1.33. The van der Waals surface area contributed by atoms with E-state index in [1.165, 1.54) is 29.8 Å². The van der Waals surface area contributed by atoms with Crippen molar-refractivity contribution >= 4 is 28.5 Å². The summed E-state index contributed by atoms with van der Waals surface area (Å²) in [5, 5.41) is 10.7. The number of Topliss-reactive ketones (excluding diaryl/α,β-unsaturated/α-hetero) is 1. The smallest absolute Gasteiger partial charge is 0.269 e. The second-order valence-corrected chi connectivity index (χ2v) is 6.16. The van der Waals surface area contributed by atoms with Crippen LogP contribution in [-0.4, -0.2) is 42.9 Å². The van der Waals surface area contributed by atoms with Gasteiger partial charge in [0.05, 0.1) is 25.7 Å². The van der Waals surface area contributed by atoms with Crippen LogP contribution in [-0.2, 0) is 13.0 Å². The van der Waals surface area contributed by atoms with Crippen LogP contribution in [0.15, 0.2) is 36.4 Å². The predicted octanol–water partition coefficient (Wildman–Crippen LogP) is 3.43. The first-order chi connectivity index (χ1) is 12.5. The number of ketones is 1. The van der Waals surface area contributed by atoms with Crippen LogP contribution in [0.1, 0.15) is 21.5 Å². The number of benzene rings is 2. The van der Waals surface area contributed by atoms with Gasteiger partial charge in [0.2, 0.25) is 0 Å². The molecule has 0 fully saturated rings. The molecule has 0 saturated heterocycles. The number of non-ortho nitro benzene ring substituents is 1. The molecule has 0 radical (unpaired) electrons. The third kappa shape index (κ3) is 4.64. The first-order valence-corrected chi connectivity index (χ1v) is 8.25. The van der Waals surface area contributed by atoms with Gasteiger partial charge in [0.1, 0.15) is 0 Å². The molecule has 8 heteroatoms. The largest absolute Gasteiger partial charge is 0.493 e. The highest BCUT2D eigenvalue weighted by Crippen LogP contribution is 2.33. The Kier molecular flexibility index (Phi) is 6.92. The lowest BCUT2D eigenvalue weighted by Gasteiger charge is -2.29. The van der Waals surface area contributed by atoms with Gasteiger partial charge < -0.3 is 9.47 Å². The summed E-state index contributed by atoms with van der Waals surface area (Å²) < 4.78 is 10.7. The molecule has 1 aliphatic rings. The zero-order chi connectivity index (χ0) is 18.7. The van der Waals surface area contributed by atoms with Crippen LogP contribution in [0.25, 0.3) is 0 Å². The van der Waals surface area contributed by atoms with Gasteiger partial charge in [0.25, 0.3) is 5.69 Å². The molecule has 144 valence electrons. The van der Waals surface area contributed by atoms with Crippen molar-refractivity contribution in [3.63, 3.8) is 0 Å². The fourth-order valence-electron chi connectivity index (χ4n) is 3.14. The Labute approximate surface area is 167 Å². The molecule has 0 aliphatic carbocycles. The molecule has 1 heterocycles. The van der Waals surface area contributed by atoms with Gasteiger partial charge in [-0.3, -0.25) is 19.8 Å². The average Bonchev–Trinajstić information content (AvgIpc) is 2.66. The molecular weight excluding hydrogens is 416 g/mol. The van der Waals surface area contributed by atoms with E-state index in [4.69, 9.17) is 9.47 Å². The molecule has 0 unspecified atom stereocenters. The molecule has 0 spiro atoms. The summed E-state index contributed by atoms with van der Waals surface area (Å²) in [4.78, 5) is 24.8.